The van der Waals surface area contributed by atoms with Crippen molar-refractivity contribution < 1.29 is 9.53 Å². The third-order valence-corrected chi connectivity index (χ3v) is 3.47. The first-order valence-corrected chi connectivity index (χ1v) is 6.60. The summed E-state index contributed by atoms with van der Waals surface area (Å²) in [4.78, 5) is 15.7. The highest BCUT2D eigenvalue weighted by Gasteiger charge is 2.23. The van der Waals surface area contributed by atoms with Gasteiger partial charge in [-0.15, -0.1) is 0 Å². The highest BCUT2D eigenvalue weighted by Crippen LogP contribution is 2.27. The Balaban J connectivity index is 1.97. The molecule has 2 atom stereocenters. The molecule has 0 aromatic carbocycles. The summed E-state index contributed by atoms with van der Waals surface area (Å²) in [5.74, 6) is 1.21. The fourth-order valence-corrected chi connectivity index (χ4v) is 2.36. The molecule has 2 rings (SSSR count). The van der Waals surface area contributed by atoms with Crippen molar-refractivity contribution in [1.82, 2.24) is 4.98 Å². The minimum absolute atomic E-state index is 0.314. The van der Waals surface area contributed by atoms with Crippen molar-refractivity contribution in [3.05, 3.63) is 23.9 Å². The SMILES string of the molecule is CCOC(=O)c1ccc(NC2CCCC2C)nc1. The Morgan fingerprint density at radius 1 is 1.50 bits per heavy atom. The Hall–Kier alpha value is -1.58. The maximum absolute atomic E-state index is 11.5. The second-order valence-corrected chi connectivity index (χ2v) is 4.81. The molecular weight excluding hydrogens is 228 g/mol. The number of esters is 1. The van der Waals surface area contributed by atoms with Gasteiger partial charge in [0.05, 0.1) is 12.2 Å². The van der Waals surface area contributed by atoms with E-state index in [-0.39, 0.29) is 5.97 Å². The number of anilines is 1. The molecule has 98 valence electrons. The minimum Gasteiger partial charge on any atom is -0.462 e. The summed E-state index contributed by atoms with van der Waals surface area (Å²) in [5, 5.41) is 3.43. The van der Waals surface area contributed by atoms with Crippen LogP contribution in [0.5, 0.6) is 0 Å². The molecule has 1 aromatic heterocycles. The predicted octanol–water partition coefficient (Wildman–Crippen LogP) is 2.86. The highest BCUT2D eigenvalue weighted by atomic mass is 16.5. The van der Waals surface area contributed by atoms with E-state index in [0.29, 0.717) is 24.1 Å². The van der Waals surface area contributed by atoms with Gasteiger partial charge in [0.15, 0.2) is 0 Å². The number of carbonyl (C=O) groups is 1. The Labute approximate surface area is 108 Å². The number of pyridine rings is 1. The molecule has 0 bridgehead atoms. The van der Waals surface area contributed by atoms with E-state index >= 15 is 0 Å². The molecule has 4 heteroatoms. The fraction of sp³-hybridized carbons (Fsp3) is 0.571. The quantitative estimate of drug-likeness (QED) is 0.832. The van der Waals surface area contributed by atoms with Crippen LogP contribution in [0, 0.1) is 5.92 Å². The number of hydrogen-bond acceptors (Lipinski definition) is 4. The molecule has 0 radical (unpaired) electrons. The van der Waals surface area contributed by atoms with Crippen LogP contribution in [0.2, 0.25) is 0 Å². The third-order valence-electron chi connectivity index (χ3n) is 3.47. The normalized spacial score (nSPS) is 22.8. The summed E-state index contributed by atoms with van der Waals surface area (Å²) in [5.41, 5.74) is 0.502. The first-order valence-electron chi connectivity index (χ1n) is 6.60. The standard InChI is InChI=1S/C14H20N2O2/c1-3-18-14(17)11-7-8-13(15-9-11)16-12-6-4-5-10(12)2/h7-10,12H,3-6H2,1-2H3,(H,15,16). The second kappa shape index (κ2) is 5.85. The van der Waals surface area contributed by atoms with Crippen molar-refractivity contribution in [3.63, 3.8) is 0 Å². The van der Waals surface area contributed by atoms with Crippen LogP contribution >= 0.6 is 0 Å². The Bertz CT molecular complexity index is 403. The molecule has 0 aliphatic heterocycles. The average Bonchev–Trinajstić information content (AvgIpc) is 2.76. The van der Waals surface area contributed by atoms with Crippen LogP contribution in [0.4, 0.5) is 5.82 Å². The molecule has 1 aliphatic carbocycles. The molecule has 0 saturated heterocycles. The summed E-state index contributed by atoms with van der Waals surface area (Å²) in [7, 11) is 0. The van der Waals surface area contributed by atoms with Gasteiger partial charge in [0, 0.05) is 12.2 Å². The molecule has 0 amide bonds. The van der Waals surface area contributed by atoms with Crippen molar-refractivity contribution in [1.29, 1.82) is 0 Å². The van der Waals surface area contributed by atoms with Gasteiger partial charge in [-0.3, -0.25) is 0 Å². The lowest BCUT2D eigenvalue weighted by atomic mass is 10.1. The van der Waals surface area contributed by atoms with Crippen molar-refractivity contribution in [2.75, 3.05) is 11.9 Å². The summed E-state index contributed by atoms with van der Waals surface area (Å²) < 4.78 is 4.92. The summed E-state index contributed by atoms with van der Waals surface area (Å²) in [6.45, 7) is 4.44. The lowest BCUT2D eigenvalue weighted by Gasteiger charge is -2.17. The van der Waals surface area contributed by atoms with Gasteiger partial charge >= 0.3 is 5.97 Å². The van der Waals surface area contributed by atoms with E-state index in [0.717, 1.165) is 5.82 Å². The third kappa shape index (κ3) is 3.00. The van der Waals surface area contributed by atoms with Gasteiger partial charge in [0.25, 0.3) is 0 Å². The molecule has 0 spiro atoms. The van der Waals surface area contributed by atoms with Crippen molar-refractivity contribution in [3.8, 4) is 0 Å². The van der Waals surface area contributed by atoms with E-state index in [1.807, 2.05) is 6.07 Å². The zero-order valence-electron chi connectivity index (χ0n) is 11.0. The van der Waals surface area contributed by atoms with Crippen LogP contribution in [0.15, 0.2) is 18.3 Å². The van der Waals surface area contributed by atoms with Crippen molar-refractivity contribution >= 4 is 11.8 Å². The molecular formula is C14H20N2O2. The van der Waals surface area contributed by atoms with Gasteiger partial charge in [-0.05, 0) is 37.8 Å². The van der Waals surface area contributed by atoms with Crippen LogP contribution < -0.4 is 5.32 Å². The maximum atomic E-state index is 11.5. The first-order chi connectivity index (χ1) is 8.70. The zero-order chi connectivity index (χ0) is 13.0. The Kier molecular flexibility index (Phi) is 4.18. The van der Waals surface area contributed by atoms with Crippen LogP contribution in [0.25, 0.3) is 0 Å². The number of nitrogens with one attached hydrogen (secondary N) is 1. The summed E-state index contributed by atoms with van der Waals surface area (Å²) >= 11 is 0. The van der Waals surface area contributed by atoms with E-state index < -0.39 is 0 Å². The molecule has 1 N–H and O–H groups in total. The van der Waals surface area contributed by atoms with Gasteiger partial charge in [0.1, 0.15) is 5.82 Å². The molecule has 4 nitrogen and oxygen atoms in total. The van der Waals surface area contributed by atoms with Crippen LogP contribution in [-0.4, -0.2) is 23.6 Å². The van der Waals surface area contributed by atoms with E-state index in [4.69, 9.17) is 4.74 Å². The topological polar surface area (TPSA) is 51.2 Å². The lowest BCUT2D eigenvalue weighted by molar-refractivity contribution is 0.0526. The van der Waals surface area contributed by atoms with Gasteiger partial charge in [-0.2, -0.15) is 0 Å². The molecule has 18 heavy (non-hydrogen) atoms. The monoisotopic (exact) mass is 248 g/mol. The molecule has 1 heterocycles. The molecule has 1 aromatic rings. The van der Waals surface area contributed by atoms with Crippen molar-refractivity contribution in [2.24, 2.45) is 5.92 Å². The number of ether oxygens (including phenoxy) is 1. The van der Waals surface area contributed by atoms with E-state index in [2.05, 4.69) is 17.2 Å². The van der Waals surface area contributed by atoms with Gasteiger partial charge in [0.2, 0.25) is 0 Å². The summed E-state index contributed by atoms with van der Waals surface area (Å²) in [6.07, 6.45) is 5.32. The summed E-state index contributed by atoms with van der Waals surface area (Å²) in [6, 6.07) is 4.11. The van der Waals surface area contributed by atoms with Gasteiger partial charge in [-0.1, -0.05) is 13.3 Å². The average molecular weight is 248 g/mol. The Morgan fingerprint density at radius 3 is 2.89 bits per heavy atom. The number of hydrogen-bond donors (Lipinski definition) is 1. The second-order valence-electron chi connectivity index (χ2n) is 4.81. The molecule has 1 saturated carbocycles. The molecule has 1 fully saturated rings. The number of aromatic nitrogens is 1. The van der Waals surface area contributed by atoms with Crippen LogP contribution in [0.3, 0.4) is 0 Å². The van der Waals surface area contributed by atoms with Crippen LogP contribution in [0.1, 0.15) is 43.5 Å². The number of carbonyl (C=O) groups excluding carboxylic acids is 1. The van der Waals surface area contributed by atoms with Gasteiger partial charge in [-0.25, -0.2) is 9.78 Å². The number of rotatable bonds is 4. The van der Waals surface area contributed by atoms with E-state index in [1.54, 1.807) is 19.2 Å². The maximum Gasteiger partial charge on any atom is 0.339 e. The lowest BCUT2D eigenvalue weighted by Crippen LogP contribution is -2.22. The Morgan fingerprint density at radius 2 is 2.33 bits per heavy atom. The smallest absolute Gasteiger partial charge is 0.339 e. The highest BCUT2D eigenvalue weighted by molar-refractivity contribution is 5.89. The number of nitrogens with zero attached hydrogens (tertiary/aromatic N) is 1. The largest absolute Gasteiger partial charge is 0.462 e. The molecule has 1 aliphatic rings. The molecule has 2 unspecified atom stereocenters. The minimum atomic E-state index is -0.314. The van der Waals surface area contributed by atoms with E-state index in [1.165, 1.54) is 19.3 Å². The van der Waals surface area contributed by atoms with E-state index in [9.17, 15) is 4.79 Å². The van der Waals surface area contributed by atoms with Crippen molar-refractivity contribution in [2.45, 2.75) is 39.2 Å². The van der Waals surface area contributed by atoms with Crippen LogP contribution in [-0.2, 0) is 4.74 Å². The zero-order valence-corrected chi connectivity index (χ0v) is 11.0. The fourth-order valence-electron chi connectivity index (χ4n) is 2.36. The predicted molar refractivity (Wildman–Crippen MR) is 70.6 cm³/mol. The first kappa shape index (κ1) is 12.9. The van der Waals surface area contributed by atoms with Gasteiger partial charge < -0.3 is 10.1 Å².